The lowest BCUT2D eigenvalue weighted by Gasteiger charge is -2.31. The second kappa shape index (κ2) is 7.02. The Morgan fingerprint density at radius 2 is 2.19 bits per heavy atom. The number of carboxylic acid groups (broad SMARTS) is 1. The number of carbonyl (C=O) groups excluding carboxylic acids is 1. The molecule has 21 heavy (non-hydrogen) atoms. The number of carbonyl (C=O) groups is 2. The topological polar surface area (TPSA) is 118 Å². The number of nitrogens with zero attached hydrogens (tertiary/aromatic N) is 3. The molecule has 2 rings (SSSR count). The smallest absolute Gasteiger partial charge is 0.329 e. The van der Waals surface area contributed by atoms with Crippen LogP contribution in [-0.2, 0) is 16.1 Å². The molecule has 9 nitrogen and oxygen atoms in total. The second-order valence-electron chi connectivity index (χ2n) is 4.78. The van der Waals surface area contributed by atoms with Gasteiger partial charge in [0.1, 0.15) is 6.61 Å². The quantitative estimate of drug-likeness (QED) is 0.794. The summed E-state index contributed by atoms with van der Waals surface area (Å²) in [5.74, 6) is -0.0956. The van der Waals surface area contributed by atoms with Crippen LogP contribution in [0.4, 0.5) is 4.79 Å². The SMILES string of the molecule is Cc1nc(CNC(=O)N2CCC(OCC(=O)O)CC2)no1. The van der Waals surface area contributed by atoms with Crippen molar-refractivity contribution in [3.63, 3.8) is 0 Å². The fourth-order valence-corrected chi connectivity index (χ4v) is 2.09. The van der Waals surface area contributed by atoms with Crippen LogP contribution in [0.2, 0.25) is 0 Å². The minimum absolute atomic E-state index is 0.106. The van der Waals surface area contributed by atoms with Gasteiger partial charge in [-0.15, -0.1) is 0 Å². The van der Waals surface area contributed by atoms with E-state index in [-0.39, 0.29) is 25.3 Å². The molecule has 0 aromatic carbocycles. The summed E-state index contributed by atoms with van der Waals surface area (Å²) in [5, 5.41) is 15.0. The molecule has 0 spiro atoms. The summed E-state index contributed by atoms with van der Waals surface area (Å²) in [4.78, 5) is 28.0. The molecule has 9 heteroatoms. The van der Waals surface area contributed by atoms with Crippen molar-refractivity contribution < 1.29 is 24.0 Å². The molecular weight excluding hydrogens is 280 g/mol. The maximum Gasteiger partial charge on any atom is 0.329 e. The van der Waals surface area contributed by atoms with E-state index in [1.54, 1.807) is 11.8 Å². The summed E-state index contributed by atoms with van der Waals surface area (Å²) in [7, 11) is 0. The normalized spacial score (nSPS) is 16.0. The molecular formula is C12H18N4O5. The highest BCUT2D eigenvalue weighted by atomic mass is 16.5. The Morgan fingerprint density at radius 3 is 2.76 bits per heavy atom. The summed E-state index contributed by atoms with van der Waals surface area (Å²) in [6, 6.07) is -0.200. The van der Waals surface area contributed by atoms with Crippen LogP contribution in [0.1, 0.15) is 24.6 Å². The Labute approximate surface area is 121 Å². The van der Waals surface area contributed by atoms with Gasteiger partial charge in [-0.25, -0.2) is 9.59 Å². The Bertz CT molecular complexity index is 496. The van der Waals surface area contributed by atoms with Crippen LogP contribution in [0, 0.1) is 6.92 Å². The summed E-state index contributed by atoms with van der Waals surface area (Å²) >= 11 is 0. The van der Waals surface area contributed by atoms with Crippen LogP contribution < -0.4 is 5.32 Å². The number of aliphatic carboxylic acids is 1. The molecule has 1 saturated heterocycles. The molecule has 0 radical (unpaired) electrons. The third kappa shape index (κ3) is 4.71. The zero-order valence-electron chi connectivity index (χ0n) is 11.7. The van der Waals surface area contributed by atoms with Gasteiger partial charge in [0.25, 0.3) is 0 Å². The van der Waals surface area contributed by atoms with E-state index in [2.05, 4.69) is 15.5 Å². The van der Waals surface area contributed by atoms with Crippen LogP contribution in [0.25, 0.3) is 0 Å². The van der Waals surface area contributed by atoms with Gasteiger partial charge in [-0.05, 0) is 12.8 Å². The van der Waals surface area contributed by atoms with Gasteiger partial charge < -0.3 is 24.6 Å². The van der Waals surface area contributed by atoms with Gasteiger partial charge in [0.2, 0.25) is 5.89 Å². The van der Waals surface area contributed by atoms with E-state index < -0.39 is 5.97 Å². The van der Waals surface area contributed by atoms with Crippen LogP contribution in [0.5, 0.6) is 0 Å². The number of hydrogen-bond donors (Lipinski definition) is 2. The van der Waals surface area contributed by atoms with Gasteiger partial charge in [-0.1, -0.05) is 5.16 Å². The lowest BCUT2D eigenvalue weighted by molar-refractivity contribution is -0.145. The number of nitrogens with one attached hydrogen (secondary N) is 1. The number of hydrogen-bond acceptors (Lipinski definition) is 6. The van der Waals surface area contributed by atoms with Gasteiger partial charge in [0.15, 0.2) is 5.82 Å². The lowest BCUT2D eigenvalue weighted by atomic mass is 10.1. The zero-order valence-corrected chi connectivity index (χ0v) is 11.7. The molecule has 2 amide bonds. The van der Waals surface area contributed by atoms with Crippen molar-refractivity contribution in [3.8, 4) is 0 Å². The van der Waals surface area contributed by atoms with E-state index in [9.17, 15) is 9.59 Å². The van der Waals surface area contributed by atoms with Crippen LogP contribution in [0.15, 0.2) is 4.52 Å². The summed E-state index contributed by atoms with van der Waals surface area (Å²) in [6.45, 7) is 2.66. The fraction of sp³-hybridized carbons (Fsp3) is 0.667. The fourth-order valence-electron chi connectivity index (χ4n) is 2.09. The third-order valence-electron chi connectivity index (χ3n) is 3.14. The molecule has 116 valence electrons. The first-order chi connectivity index (χ1) is 10.0. The second-order valence-corrected chi connectivity index (χ2v) is 4.78. The van der Waals surface area contributed by atoms with Crippen molar-refractivity contribution in [2.75, 3.05) is 19.7 Å². The summed E-state index contributed by atoms with van der Waals surface area (Å²) < 4.78 is 10.0. The molecule has 0 atom stereocenters. The number of aromatic nitrogens is 2. The number of ether oxygens (including phenoxy) is 1. The molecule has 2 N–H and O–H groups in total. The average Bonchev–Trinajstić information content (AvgIpc) is 2.89. The van der Waals surface area contributed by atoms with E-state index in [1.807, 2.05) is 0 Å². The standard InChI is InChI=1S/C12H18N4O5/c1-8-14-10(15-21-8)6-13-12(19)16-4-2-9(3-5-16)20-7-11(17)18/h9H,2-7H2,1H3,(H,13,19)(H,17,18). The number of carboxylic acids is 1. The number of likely N-dealkylation sites (tertiary alicyclic amines) is 1. The highest BCUT2D eigenvalue weighted by Gasteiger charge is 2.23. The van der Waals surface area contributed by atoms with Crippen molar-refractivity contribution >= 4 is 12.0 Å². The minimum atomic E-state index is -0.981. The Morgan fingerprint density at radius 1 is 1.48 bits per heavy atom. The number of piperidine rings is 1. The van der Waals surface area contributed by atoms with E-state index in [1.165, 1.54) is 0 Å². The number of urea groups is 1. The van der Waals surface area contributed by atoms with Gasteiger partial charge in [0.05, 0.1) is 12.6 Å². The largest absolute Gasteiger partial charge is 0.480 e. The molecule has 0 bridgehead atoms. The van der Waals surface area contributed by atoms with E-state index in [0.29, 0.717) is 37.6 Å². The monoisotopic (exact) mass is 298 g/mol. The number of rotatable bonds is 5. The molecule has 1 aliphatic heterocycles. The molecule has 1 aliphatic rings. The maximum atomic E-state index is 11.9. The first-order valence-corrected chi connectivity index (χ1v) is 6.70. The van der Waals surface area contributed by atoms with Crippen molar-refractivity contribution in [2.45, 2.75) is 32.4 Å². The first kappa shape index (κ1) is 15.2. The van der Waals surface area contributed by atoms with Crippen LogP contribution in [-0.4, -0.2) is 57.9 Å². The van der Waals surface area contributed by atoms with E-state index in [4.69, 9.17) is 14.4 Å². The Balaban J connectivity index is 1.69. The zero-order chi connectivity index (χ0) is 15.2. The van der Waals surface area contributed by atoms with Crippen molar-refractivity contribution in [2.24, 2.45) is 0 Å². The lowest BCUT2D eigenvalue weighted by Crippen LogP contribution is -2.46. The summed E-state index contributed by atoms with van der Waals surface area (Å²) in [5.41, 5.74) is 0. The highest BCUT2D eigenvalue weighted by Crippen LogP contribution is 2.13. The summed E-state index contributed by atoms with van der Waals surface area (Å²) in [6.07, 6.45) is 1.15. The highest BCUT2D eigenvalue weighted by molar-refractivity contribution is 5.74. The van der Waals surface area contributed by atoms with Crippen molar-refractivity contribution in [1.29, 1.82) is 0 Å². The number of amides is 2. The Kier molecular flexibility index (Phi) is 5.09. The molecule has 1 fully saturated rings. The predicted octanol–water partition coefficient (Wildman–Crippen LogP) is 0.153. The molecule has 1 aromatic rings. The van der Waals surface area contributed by atoms with Crippen molar-refractivity contribution in [1.82, 2.24) is 20.4 Å². The van der Waals surface area contributed by atoms with Crippen LogP contribution >= 0.6 is 0 Å². The third-order valence-corrected chi connectivity index (χ3v) is 3.14. The minimum Gasteiger partial charge on any atom is -0.480 e. The Hall–Kier alpha value is -2.16. The maximum absolute atomic E-state index is 11.9. The molecule has 0 saturated carbocycles. The van der Waals surface area contributed by atoms with Gasteiger partial charge in [0, 0.05) is 20.0 Å². The number of aryl methyl sites for hydroxylation is 1. The van der Waals surface area contributed by atoms with E-state index >= 15 is 0 Å². The van der Waals surface area contributed by atoms with E-state index in [0.717, 1.165) is 0 Å². The van der Waals surface area contributed by atoms with Crippen molar-refractivity contribution in [3.05, 3.63) is 11.7 Å². The molecule has 0 aliphatic carbocycles. The first-order valence-electron chi connectivity index (χ1n) is 6.70. The van der Waals surface area contributed by atoms with Gasteiger partial charge in [-0.3, -0.25) is 0 Å². The molecule has 1 aromatic heterocycles. The average molecular weight is 298 g/mol. The molecule has 2 heterocycles. The molecule has 0 unspecified atom stereocenters. The predicted molar refractivity (Wildman–Crippen MR) is 69.5 cm³/mol. The van der Waals surface area contributed by atoms with Gasteiger partial charge >= 0.3 is 12.0 Å². The van der Waals surface area contributed by atoms with Gasteiger partial charge in [-0.2, -0.15) is 4.98 Å². The van der Waals surface area contributed by atoms with Crippen LogP contribution in [0.3, 0.4) is 0 Å².